The lowest BCUT2D eigenvalue weighted by Crippen LogP contribution is -2.18. The molecule has 0 amide bonds. The van der Waals surface area contributed by atoms with Crippen molar-refractivity contribution in [3.8, 4) is 0 Å². The van der Waals surface area contributed by atoms with Gasteiger partial charge in [0.2, 0.25) is 0 Å². The first-order chi connectivity index (χ1) is 9.11. The maximum atomic E-state index is 5.79. The van der Waals surface area contributed by atoms with Crippen LogP contribution >= 0.6 is 24.0 Å². The second-order valence-corrected chi connectivity index (χ2v) is 6.08. The van der Waals surface area contributed by atoms with Crippen LogP contribution in [0.15, 0.2) is 30.3 Å². The number of pyridine rings is 1. The Kier molecular flexibility index (Phi) is 4.61. The van der Waals surface area contributed by atoms with Gasteiger partial charge in [0.1, 0.15) is 10.8 Å². The number of hydrogen-bond acceptors (Lipinski definition) is 4. The van der Waals surface area contributed by atoms with Crippen molar-refractivity contribution >= 4 is 45.7 Å². The van der Waals surface area contributed by atoms with Gasteiger partial charge in [-0.2, -0.15) is 11.8 Å². The van der Waals surface area contributed by atoms with Gasteiger partial charge in [-0.1, -0.05) is 37.3 Å². The molecule has 2 rings (SSSR count). The number of para-hydroxylation sites is 1. The smallest absolute Gasteiger partial charge is 0.137 e. The fraction of sp³-hybridized carbons (Fsp3) is 0.286. The SMILES string of the molecule is CSC(C)CNc1nc2ccccc2cc1C(N)=S. The summed E-state index contributed by atoms with van der Waals surface area (Å²) in [6.45, 7) is 3.00. The molecule has 2 aromatic rings. The lowest BCUT2D eigenvalue weighted by molar-refractivity contribution is 0.994. The number of nitrogens with two attached hydrogens (primary N) is 1. The van der Waals surface area contributed by atoms with E-state index >= 15 is 0 Å². The number of aromatic nitrogens is 1. The molecule has 19 heavy (non-hydrogen) atoms. The quantitative estimate of drug-likeness (QED) is 0.829. The summed E-state index contributed by atoms with van der Waals surface area (Å²) in [5, 5.41) is 4.89. The highest BCUT2D eigenvalue weighted by Gasteiger charge is 2.10. The van der Waals surface area contributed by atoms with Crippen LogP contribution in [0.3, 0.4) is 0 Å². The van der Waals surface area contributed by atoms with Gasteiger partial charge in [-0.25, -0.2) is 4.98 Å². The number of thiocarbonyl (C=S) groups is 1. The molecule has 0 radical (unpaired) electrons. The monoisotopic (exact) mass is 291 g/mol. The second-order valence-electron chi connectivity index (χ2n) is 4.37. The van der Waals surface area contributed by atoms with E-state index in [1.165, 1.54) is 0 Å². The van der Waals surface area contributed by atoms with Gasteiger partial charge in [0.05, 0.1) is 11.1 Å². The molecule has 1 heterocycles. The van der Waals surface area contributed by atoms with E-state index in [0.717, 1.165) is 28.8 Å². The van der Waals surface area contributed by atoms with Crippen molar-refractivity contribution < 1.29 is 0 Å². The van der Waals surface area contributed by atoms with Gasteiger partial charge in [0.15, 0.2) is 0 Å². The lowest BCUT2D eigenvalue weighted by atomic mass is 10.1. The summed E-state index contributed by atoms with van der Waals surface area (Å²) in [6, 6.07) is 9.96. The number of benzene rings is 1. The Morgan fingerprint density at radius 3 is 2.89 bits per heavy atom. The van der Waals surface area contributed by atoms with Crippen molar-refractivity contribution in [3.05, 3.63) is 35.9 Å². The molecule has 0 aliphatic carbocycles. The molecule has 0 saturated heterocycles. The number of nitrogens with one attached hydrogen (secondary N) is 1. The van der Waals surface area contributed by atoms with Gasteiger partial charge in [-0.3, -0.25) is 0 Å². The molecule has 1 aromatic carbocycles. The molecule has 0 bridgehead atoms. The minimum atomic E-state index is 0.373. The van der Waals surface area contributed by atoms with Crippen molar-refractivity contribution in [2.24, 2.45) is 5.73 Å². The first-order valence-corrected chi connectivity index (χ1v) is 7.77. The molecule has 100 valence electrons. The minimum absolute atomic E-state index is 0.373. The van der Waals surface area contributed by atoms with Crippen LogP contribution in [0.5, 0.6) is 0 Å². The largest absolute Gasteiger partial charge is 0.389 e. The first kappa shape index (κ1) is 14.1. The maximum Gasteiger partial charge on any atom is 0.137 e. The number of anilines is 1. The van der Waals surface area contributed by atoms with Crippen molar-refractivity contribution in [2.45, 2.75) is 12.2 Å². The van der Waals surface area contributed by atoms with E-state index in [1.807, 2.05) is 42.1 Å². The summed E-state index contributed by atoms with van der Waals surface area (Å²) in [6.07, 6.45) is 2.09. The topological polar surface area (TPSA) is 50.9 Å². The summed E-state index contributed by atoms with van der Waals surface area (Å²) in [5.74, 6) is 0.770. The molecule has 1 unspecified atom stereocenters. The Labute approximate surface area is 123 Å². The third kappa shape index (κ3) is 3.36. The van der Waals surface area contributed by atoms with Gasteiger partial charge in [0, 0.05) is 17.2 Å². The van der Waals surface area contributed by atoms with E-state index in [-0.39, 0.29) is 0 Å². The fourth-order valence-electron chi connectivity index (χ4n) is 1.76. The van der Waals surface area contributed by atoms with E-state index in [2.05, 4.69) is 23.5 Å². The molecular formula is C14H17N3S2. The number of rotatable bonds is 5. The average molecular weight is 291 g/mol. The van der Waals surface area contributed by atoms with E-state index in [9.17, 15) is 0 Å². The molecule has 0 aliphatic rings. The molecule has 1 aromatic heterocycles. The second kappa shape index (κ2) is 6.21. The van der Waals surface area contributed by atoms with Crippen LogP contribution in [0.1, 0.15) is 12.5 Å². The van der Waals surface area contributed by atoms with Gasteiger partial charge in [0.25, 0.3) is 0 Å². The van der Waals surface area contributed by atoms with Crippen LogP contribution in [0, 0.1) is 0 Å². The molecule has 0 fully saturated rings. The lowest BCUT2D eigenvalue weighted by Gasteiger charge is -2.14. The van der Waals surface area contributed by atoms with Crippen LogP contribution in [0.4, 0.5) is 5.82 Å². The predicted octanol–water partition coefficient (Wildman–Crippen LogP) is 3.03. The van der Waals surface area contributed by atoms with Crippen molar-refractivity contribution in [3.63, 3.8) is 0 Å². The first-order valence-electron chi connectivity index (χ1n) is 6.08. The Hall–Kier alpha value is -1.33. The highest BCUT2D eigenvalue weighted by molar-refractivity contribution is 7.99. The third-order valence-corrected chi connectivity index (χ3v) is 4.14. The van der Waals surface area contributed by atoms with Crippen LogP contribution in [-0.4, -0.2) is 28.0 Å². The minimum Gasteiger partial charge on any atom is -0.389 e. The maximum absolute atomic E-state index is 5.79. The van der Waals surface area contributed by atoms with E-state index in [1.54, 1.807) is 0 Å². The fourth-order valence-corrected chi connectivity index (χ4v) is 2.17. The van der Waals surface area contributed by atoms with Crippen LogP contribution in [0.2, 0.25) is 0 Å². The summed E-state index contributed by atoms with van der Waals surface area (Å²) in [7, 11) is 0. The summed E-state index contributed by atoms with van der Waals surface area (Å²) >= 11 is 6.92. The number of nitrogens with zero attached hydrogens (tertiary/aromatic N) is 1. The Morgan fingerprint density at radius 1 is 1.47 bits per heavy atom. The Morgan fingerprint density at radius 2 is 2.21 bits per heavy atom. The van der Waals surface area contributed by atoms with Crippen LogP contribution < -0.4 is 11.1 Å². The molecule has 5 heteroatoms. The normalized spacial score (nSPS) is 12.3. The molecule has 1 atom stereocenters. The number of thioether (sulfide) groups is 1. The third-order valence-electron chi connectivity index (χ3n) is 2.95. The molecule has 0 saturated carbocycles. The summed E-state index contributed by atoms with van der Waals surface area (Å²) in [5.41, 5.74) is 7.54. The molecular weight excluding hydrogens is 274 g/mol. The van der Waals surface area contributed by atoms with Gasteiger partial charge in [-0.05, 0) is 18.4 Å². The van der Waals surface area contributed by atoms with E-state index in [4.69, 9.17) is 18.0 Å². The zero-order chi connectivity index (χ0) is 13.8. The predicted molar refractivity (Wildman–Crippen MR) is 89.1 cm³/mol. The van der Waals surface area contributed by atoms with Gasteiger partial charge < -0.3 is 11.1 Å². The van der Waals surface area contributed by atoms with Crippen LogP contribution in [0.25, 0.3) is 10.9 Å². The van der Waals surface area contributed by atoms with Gasteiger partial charge >= 0.3 is 0 Å². The molecule has 3 nitrogen and oxygen atoms in total. The summed E-state index contributed by atoms with van der Waals surface area (Å²) < 4.78 is 0. The number of hydrogen-bond donors (Lipinski definition) is 2. The van der Waals surface area contributed by atoms with E-state index in [0.29, 0.717) is 10.2 Å². The standard InChI is InChI=1S/C14H17N3S2/c1-9(19-2)8-16-14-11(13(15)18)7-10-5-3-4-6-12(10)17-14/h3-7,9H,8H2,1-2H3,(H2,15,18)(H,16,17). The number of fused-ring (bicyclic) bond motifs is 1. The van der Waals surface area contributed by atoms with Gasteiger partial charge in [-0.15, -0.1) is 0 Å². The zero-order valence-corrected chi connectivity index (χ0v) is 12.6. The van der Waals surface area contributed by atoms with Crippen molar-refractivity contribution in [1.82, 2.24) is 4.98 Å². The van der Waals surface area contributed by atoms with Crippen molar-refractivity contribution in [1.29, 1.82) is 0 Å². The zero-order valence-electron chi connectivity index (χ0n) is 11.0. The molecule has 0 aliphatic heterocycles. The molecule has 3 N–H and O–H groups in total. The van der Waals surface area contributed by atoms with Crippen LogP contribution in [-0.2, 0) is 0 Å². The Balaban J connectivity index is 2.39. The van der Waals surface area contributed by atoms with E-state index < -0.39 is 0 Å². The highest BCUT2D eigenvalue weighted by atomic mass is 32.2. The highest BCUT2D eigenvalue weighted by Crippen LogP contribution is 2.21. The Bertz CT molecular complexity index is 598. The molecule has 0 spiro atoms. The average Bonchev–Trinajstić information content (AvgIpc) is 2.43. The summed E-state index contributed by atoms with van der Waals surface area (Å²) in [4.78, 5) is 4.99. The van der Waals surface area contributed by atoms with Crippen molar-refractivity contribution in [2.75, 3.05) is 18.1 Å².